The SMILES string of the molecule is CCCCCN1C(=O)/C(=C/c2ccccc2)SC1=S. The molecule has 1 aliphatic heterocycles. The summed E-state index contributed by atoms with van der Waals surface area (Å²) in [5, 5.41) is 0. The summed E-state index contributed by atoms with van der Waals surface area (Å²) in [6, 6.07) is 9.88. The van der Waals surface area contributed by atoms with Gasteiger partial charge in [-0.1, -0.05) is 74.1 Å². The van der Waals surface area contributed by atoms with Crippen molar-refractivity contribution in [3.63, 3.8) is 0 Å². The largest absolute Gasteiger partial charge is 0.293 e. The molecule has 0 saturated carbocycles. The summed E-state index contributed by atoms with van der Waals surface area (Å²) in [6.07, 6.45) is 5.21. The van der Waals surface area contributed by atoms with Gasteiger partial charge in [-0.15, -0.1) is 0 Å². The second-order valence-corrected chi connectivity index (χ2v) is 6.13. The first-order valence-corrected chi connectivity index (χ1v) is 7.75. The number of thioether (sulfide) groups is 1. The molecule has 0 unspecified atom stereocenters. The van der Waals surface area contributed by atoms with Gasteiger partial charge >= 0.3 is 0 Å². The highest BCUT2D eigenvalue weighted by Gasteiger charge is 2.31. The smallest absolute Gasteiger partial charge is 0.266 e. The van der Waals surface area contributed by atoms with Crippen LogP contribution in [0.2, 0.25) is 0 Å². The Labute approximate surface area is 123 Å². The average molecular weight is 291 g/mol. The lowest BCUT2D eigenvalue weighted by molar-refractivity contribution is -0.122. The molecule has 1 aromatic rings. The van der Waals surface area contributed by atoms with E-state index < -0.39 is 0 Å². The Morgan fingerprint density at radius 3 is 2.68 bits per heavy atom. The van der Waals surface area contributed by atoms with Crippen molar-refractivity contribution in [1.29, 1.82) is 0 Å². The van der Waals surface area contributed by atoms with Crippen molar-refractivity contribution in [3.8, 4) is 0 Å². The first-order chi connectivity index (χ1) is 9.22. The van der Waals surface area contributed by atoms with Crippen molar-refractivity contribution in [1.82, 2.24) is 4.90 Å². The fourth-order valence-electron chi connectivity index (χ4n) is 1.91. The van der Waals surface area contributed by atoms with Gasteiger partial charge in [-0.3, -0.25) is 9.69 Å². The molecule has 4 heteroatoms. The van der Waals surface area contributed by atoms with E-state index in [0.717, 1.165) is 36.3 Å². The molecule has 2 rings (SSSR count). The molecule has 0 aromatic heterocycles. The lowest BCUT2D eigenvalue weighted by Gasteiger charge is -2.13. The van der Waals surface area contributed by atoms with Crippen LogP contribution in [0.25, 0.3) is 6.08 Å². The molecule has 1 fully saturated rings. The van der Waals surface area contributed by atoms with E-state index in [1.165, 1.54) is 11.8 Å². The molecule has 0 atom stereocenters. The summed E-state index contributed by atoms with van der Waals surface area (Å²) in [6.45, 7) is 2.89. The Balaban J connectivity index is 2.07. The first kappa shape index (κ1) is 14.3. The third kappa shape index (κ3) is 3.67. The van der Waals surface area contributed by atoms with E-state index in [4.69, 9.17) is 12.2 Å². The van der Waals surface area contributed by atoms with E-state index >= 15 is 0 Å². The molecule has 19 heavy (non-hydrogen) atoms. The second kappa shape index (κ2) is 6.87. The van der Waals surface area contributed by atoms with Crippen LogP contribution >= 0.6 is 24.0 Å². The highest BCUT2D eigenvalue weighted by Crippen LogP contribution is 2.32. The van der Waals surface area contributed by atoms with Crippen LogP contribution in [-0.4, -0.2) is 21.7 Å². The van der Waals surface area contributed by atoms with Gasteiger partial charge in [-0.05, 0) is 18.1 Å². The summed E-state index contributed by atoms with van der Waals surface area (Å²) in [5.74, 6) is 0.0509. The Bertz CT molecular complexity index is 496. The molecule has 0 aliphatic carbocycles. The van der Waals surface area contributed by atoms with Crippen molar-refractivity contribution < 1.29 is 4.79 Å². The fourth-order valence-corrected chi connectivity index (χ4v) is 3.22. The van der Waals surface area contributed by atoms with E-state index in [9.17, 15) is 4.79 Å². The van der Waals surface area contributed by atoms with Gasteiger partial charge in [-0.2, -0.15) is 0 Å². The van der Waals surface area contributed by atoms with Crippen molar-refractivity contribution in [2.24, 2.45) is 0 Å². The zero-order chi connectivity index (χ0) is 13.7. The number of thiocarbonyl (C=S) groups is 1. The zero-order valence-corrected chi connectivity index (χ0v) is 12.6. The van der Waals surface area contributed by atoms with Crippen LogP contribution in [0.15, 0.2) is 35.2 Å². The van der Waals surface area contributed by atoms with Crippen molar-refractivity contribution in [3.05, 3.63) is 40.8 Å². The number of hydrogen-bond donors (Lipinski definition) is 0. The van der Waals surface area contributed by atoms with E-state index in [0.29, 0.717) is 4.32 Å². The van der Waals surface area contributed by atoms with E-state index in [1.807, 2.05) is 36.4 Å². The highest BCUT2D eigenvalue weighted by molar-refractivity contribution is 8.26. The van der Waals surface area contributed by atoms with Crippen LogP contribution in [0.1, 0.15) is 31.7 Å². The van der Waals surface area contributed by atoms with Gasteiger partial charge in [0.25, 0.3) is 5.91 Å². The molecule has 1 heterocycles. The Morgan fingerprint density at radius 2 is 2.00 bits per heavy atom. The Morgan fingerprint density at radius 1 is 1.26 bits per heavy atom. The summed E-state index contributed by atoms with van der Waals surface area (Å²) in [4.78, 5) is 14.7. The molecule has 1 aliphatic rings. The molecule has 1 saturated heterocycles. The summed E-state index contributed by atoms with van der Waals surface area (Å²) < 4.78 is 0.684. The molecule has 0 bridgehead atoms. The molecule has 1 aromatic carbocycles. The number of hydrogen-bond acceptors (Lipinski definition) is 3. The number of carbonyl (C=O) groups is 1. The minimum Gasteiger partial charge on any atom is -0.293 e. The molecule has 0 radical (unpaired) electrons. The van der Waals surface area contributed by atoms with Crippen LogP contribution in [0.5, 0.6) is 0 Å². The molecular formula is C15H17NOS2. The molecule has 0 spiro atoms. The van der Waals surface area contributed by atoms with Gasteiger partial charge in [-0.25, -0.2) is 0 Å². The second-order valence-electron chi connectivity index (χ2n) is 4.45. The molecule has 100 valence electrons. The lowest BCUT2D eigenvalue weighted by Crippen LogP contribution is -2.28. The molecule has 0 N–H and O–H groups in total. The van der Waals surface area contributed by atoms with Crippen molar-refractivity contribution in [2.45, 2.75) is 26.2 Å². The van der Waals surface area contributed by atoms with Gasteiger partial charge in [0.1, 0.15) is 4.32 Å². The third-order valence-electron chi connectivity index (χ3n) is 2.96. The lowest BCUT2D eigenvalue weighted by atomic mass is 10.2. The normalized spacial score (nSPS) is 17.5. The fraction of sp³-hybridized carbons (Fsp3) is 0.333. The molecule has 1 amide bonds. The highest BCUT2D eigenvalue weighted by atomic mass is 32.2. The predicted molar refractivity (Wildman–Crippen MR) is 85.8 cm³/mol. The van der Waals surface area contributed by atoms with Crippen LogP contribution in [0.4, 0.5) is 0 Å². The number of nitrogens with zero attached hydrogens (tertiary/aromatic N) is 1. The van der Waals surface area contributed by atoms with E-state index in [1.54, 1.807) is 4.90 Å². The topological polar surface area (TPSA) is 20.3 Å². The Hall–Kier alpha value is -1.13. The van der Waals surface area contributed by atoms with Crippen LogP contribution in [0.3, 0.4) is 0 Å². The first-order valence-electron chi connectivity index (χ1n) is 6.53. The molecule has 2 nitrogen and oxygen atoms in total. The monoisotopic (exact) mass is 291 g/mol. The van der Waals surface area contributed by atoms with Gasteiger partial charge < -0.3 is 0 Å². The number of benzene rings is 1. The predicted octanol–water partition coefficient (Wildman–Crippen LogP) is 4.08. The van der Waals surface area contributed by atoms with Crippen LogP contribution in [0, 0.1) is 0 Å². The maximum absolute atomic E-state index is 12.3. The Kier molecular flexibility index (Phi) is 5.16. The van der Waals surface area contributed by atoms with Crippen LogP contribution in [-0.2, 0) is 4.79 Å². The summed E-state index contributed by atoms with van der Waals surface area (Å²) in [5.41, 5.74) is 1.04. The number of amides is 1. The third-order valence-corrected chi connectivity index (χ3v) is 4.33. The van der Waals surface area contributed by atoms with Crippen LogP contribution < -0.4 is 0 Å². The maximum atomic E-state index is 12.3. The minimum atomic E-state index is 0.0509. The van der Waals surface area contributed by atoms with Gasteiger partial charge in [0, 0.05) is 6.54 Å². The van der Waals surface area contributed by atoms with Crippen molar-refractivity contribution >= 4 is 40.3 Å². The van der Waals surface area contributed by atoms with E-state index in [2.05, 4.69) is 6.92 Å². The van der Waals surface area contributed by atoms with Gasteiger partial charge in [0.05, 0.1) is 4.91 Å². The number of unbranched alkanes of at least 4 members (excludes halogenated alkanes) is 2. The number of carbonyl (C=O) groups excluding carboxylic acids is 1. The summed E-state index contributed by atoms with van der Waals surface area (Å²) in [7, 11) is 0. The standard InChI is InChI=1S/C15H17NOS2/c1-2-3-7-10-16-14(17)13(19-15(16)18)11-12-8-5-4-6-9-12/h4-6,8-9,11H,2-3,7,10H2,1H3/b13-11-. The summed E-state index contributed by atoms with van der Waals surface area (Å²) >= 11 is 6.69. The quantitative estimate of drug-likeness (QED) is 0.463. The average Bonchev–Trinajstić information content (AvgIpc) is 2.68. The maximum Gasteiger partial charge on any atom is 0.266 e. The van der Waals surface area contributed by atoms with E-state index in [-0.39, 0.29) is 5.91 Å². The van der Waals surface area contributed by atoms with Crippen molar-refractivity contribution in [2.75, 3.05) is 6.54 Å². The van der Waals surface area contributed by atoms with Gasteiger partial charge in [0.2, 0.25) is 0 Å². The molecular weight excluding hydrogens is 274 g/mol. The number of rotatable bonds is 5. The minimum absolute atomic E-state index is 0.0509. The zero-order valence-electron chi connectivity index (χ0n) is 11.0. The van der Waals surface area contributed by atoms with Gasteiger partial charge in [0.15, 0.2) is 0 Å².